The average Bonchev–Trinajstić information content (AvgIpc) is 2.24. The van der Waals surface area contributed by atoms with Crippen LogP contribution in [0.2, 0.25) is 0 Å². The lowest BCUT2D eigenvalue weighted by molar-refractivity contribution is 0.839. The predicted octanol–water partition coefficient (Wildman–Crippen LogP) is 0.907. The van der Waals surface area contributed by atoms with E-state index in [1.54, 1.807) is 0 Å². The van der Waals surface area contributed by atoms with Gasteiger partial charge in [-0.15, -0.1) is 0 Å². The highest BCUT2D eigenvalue weighted by atomic mass is 32.2. The minimum atomic E-state index is -0.295. The zero-order valence-electron chi connectivity index (χ0n) is 8.75. The van der Waals surface area contributed by atoms with Gasteiger partial charge in [0.15, 0.2) is 5.82 Å². The number of aromatic nitrogens is 2. The predicted molar refractivity (Wildman–Crippen MR) is 65.4 cm³/mol. The number of hydrogen-bond donors (Lipinski definition) is 3. The fourth-order valence-corrected chi connectivity index (χ4v) is 1.62. The van der Waals surface area contributed by atoms with Crippen LogP contribution in [0.1, 0.15) is 12.8 Å². The van der Waals surface area contributed by atoms with E-state index < -0.39 is 0 Å². The number of thioether (sulfide) groups is 1. The standard InChI is InChI=1S/C9H16N4OS/c1-15-5-3-2-4-11-8-7(10)9(14)13-6-12-8/h6H,2-5,10H2,1H3,(H2,11,12,13,14). The Hall–Kier alpha value is -1.17. The van der Waals surface area contributed by atoms with Gasteiger partial charge in [0.1, 0.15) is 5.69 Å². The van der Waals surface area contributed by atoms with Gasteiger partial charge in [0.2, 0.25) is 0 Å². The first-order valence-corrected chi connectivity index (χ1v) is 6.21. The first-order valence-electron chi connectivity index (χ1n) is 4.81. The van der Waals surface area contributed by atoms with Crippen LogP contribution in [0.5, 0.6) is 0 Å². The molecule has 0 aromatic carbocycles. The van der Waals surface area contributed by atoms with Gasteiger partial charge in [-0.3, -0.25) is 4.79 Å². The van der Waals surface area contributed by atoms with Gasteiger partial charge in [-0.2, -0.15) is 11.8 Å². The molecule has 0 unspecified atom stereocenters. The van der Waals surface area contributed by atoms with Crippen LogP contribution in [0.3, 0.4) is 0 Å². The third kappa shape index (κ3) is 3.83. The molecule has 15 heavy (non-hydrogen) atoms. The fourth-order valence-electron chi connectivity index (χ4n) is 1.13. The molecule has 5 nitrogen and oxygen atoms in total. The largest absolute Gasteiger partial charge is 0.391 e. The van der Waals surface area contributed by atoms with Crippen molar-refractivity contribution in [2.45, 2.75) is 12.8 Å². The summed E-state index contributed by atoms with van der Waals surface area (Å²) in [5, 5.41) is 3.05. The van der Waals surface area contributed by atoms with Crippen molar-refractivity contribution >= 4 is 23.3 Å². The van der Waals surface area contributed by atoms with Crippen LogP contribution in [0.15, 0.2) is 11.1 Å². The molecule has 84 valence electrons. The molecule has 0 saturated heterocycles. The van der Waals surface area contributed by atoms with Crippen molar-refractivity contribution < 1.29 is 0 Å². The maximum atomic E-state index is 11.1. The fraction of sp³-hybridized carbons (Fsp3) is 0.556. The van der Waals surface area contributed by atoms with E-state index in [0.717, 1.165) is 25.1 Å². The van der Waals surface area contributed by atoms with Crippen LogP contribution in [0, 0.1) is 0 Å². The number of rotatable bonds is 6. The third-order valence-corrected chi connectivity index (χ3v) is 2.65. The van der Waals surface area contributed by atoms with Crippen molar-refractivity contribution in [2.24, 2.45) is 0 Å². The van der Waals surface area contributed by atoms with E-state index in [9.17, 15) is 4.79 Å². The smallest absolute Gasteiger partial charge is 0.276 e. The molecule has 0 spiro atoms. The number of unbranched alkanes of at least 4 members (excludes halogenated alkanes) is 1. The maximum absolute atomic E-state index is 11.1. The van der Waals surface area contributed by atoms with Gasteiger partial charge < -0.3 is 16.0 Å². The van der Waals surface area contributed by atoms with Gasteiger partial charge >= 0.3 is 0 Å². The van der Waals surface area contributed by atoms with Crippen LogP contribution in [0.25, 0.3) is 0 Å². The van der Waals surface area contributed by atoms with Crippen LogP contribution < -0.4 is 16.6 Å². The van der Waals surface area contributed by atoms with Crippen LogP contribution in [-0.2, 0) is 0 Å². The van der Waals surface area contributed by atoms with E-state index in [4.69, 9.17) is 5.73 Å². The highest BCUT2D eigenvalue weighted by molar-refractivity contribution is 7.98. The molecule has 1 heterocycles. The Kier molecular flexibility index (Phi) is 5.03. The second-order valence-corrected chi connectivity index (χ2v) is 4.11. The second kappa shape index (κ2) is 6.34. The minimum absolute atomic E-state index is 0.155. The lowest BCUT2D eigenvalue weighted by atomic mass is 10.3. The second-order valence-electron chi connectivity index (χ2n) is 3.12. The molecule has 1 rings (SSSR count). The number of H-pyrrole nitrogens is 1. The summed E-state index contributed by atoms with van der Waals surface area (Å²) in [4.78, 5) is 17.5. The van der Waals surface area contributed by atoms with Gasteiger partial charge in [0.25, 0.3) is 5.56 Å². The van der Waals surface area contributed by atoms with E-state index in [1.165, 1.54) is 6.33 Å². The molecule has 6 heteroatoms. The molecule has 4 N–H and O–H groups in total. The molecule has 0 aliphatic heterocycles. The summed E-state index contributed by atoms with van der Waals surface area (Å²) in [6, 6.07) is 0. The molecule has 0 saturated carbocycles. The van der Waals surface area contributed by atoms with Crippen molar-refractivity contribution in [3.8, 4) is 0 Å². The number of hydrogen-bond acceptors (Lipinski definition) is 5. The Balaban J connectivity index is 2.38. The Morgan fingerprint density at radius 1 is 1.60 bits per heavy atom. The van der Waals surface area contributed by atoms with Crippen LogP contribution >= 0.6 is 11.8 Å². The van der Waals surface area contributed by atoms with Crippen molar-refractivity contribution in [1.29, 1.82) is 0 Å². The summed E-state index contributed by atoms with van der Waals surface area (Å²) in [5.41, 5.74) is 5.41. The minimum Gasteiger partial charge on any atom is -0.391 e. The summed E-state index contributed by atoms with van der Waals surface area (Å²) in [7, 11) is 0. The van der Waals surface area contributed by atoms with Gasteiger partial charge in [-0.25, -0.2) is 4.98 Å². The molecular formula is C9H16N4OS. The number of aromatic amines is 1. The molecular weight excluding hydrogens is 212 g/mol. The normalized spacial score (nSPS) is 10.2. The highest BCUT2D eigenvalue weighted by Gasteiger charge is 2.02. The number of nitrogens with zero attached hydrogens (tertiary/aromatic N) is 1. The Morgan fingerprint density at radius 3 is 3.13 bits per heavy atom. The zero-order chi connectivity index (χ0) is 11.1. The number of anilines is 2. The van der Waals surface area contributed by atoms with Crippen molar-refractivity contribution in [3.05, 3.63) is 16.7 Å². The molecule has 1 aromatic rings. The SMILES string of the molecule is CSCCCCNc1nc[nH]c(=O)c1N. The maximum Gasteiger partial charge on any atom is 0.276 e. The van der Waals surface area contributed by atoms with Crippen molar-refractivity contribution in [1.82, 2.24) is 9.97 Å². The summed E-state index contributed by atoms with van der Waals surface area (Å²) in [5.74, 6) is 1.63. The van der Waals surface area contributed by atoms with E-state index in [1.807, 2.05) is 11.8 Å². The summed E-state index contributed by atoms with van der Waals surface area (Å²) in [6.07, 6.45) is 5.64. The zero-order valence-corrected chi connectivity index (χ0v) is 9.56. The molecule has 0 radical (unpaired) electrons. The average molecular weight is 228 g/mol. The lowest BCUT2D eigenvalue weighted by Crippen LogP contribution is -2.16. The number of nitrogen functional groups attached to an aromatic ring is 1. The molecule has 1 aromatic heterocycles. The molecule has 0 atom stereocenters. The van der Waals surface area contributed by atoms with Gasteiger partial charge in [-0.05, 0) is 24.9 Å². The van der Waals surface area contributed by atoms with Gasteiger partial charge in [0.05, 0.1) is 6.33 Å². The van der Waals surface area contributed by atoms with E-state index in [0.29, 0.717) is 5.82 Å². The number of nitrogens with one attached hydrogen (secondary N) is 2. The molecule has 0 aliphatic rings. The first kappa shape index (κ1) is 11.9. The Morgan fingerprint density at radius 2 is 2.40 bits per heavy atom. The molecule has 0 aliphatic carbocycles. The Bertz CT molecular complexity index is 352. The van der Waals surface area contributed by atoms with Gasteiger partial charge in [0, 0.05) is 6.54 Å². The third-order valence-electron chi connectivity index (χ3n) is 1.96. The van der Waals surface area contributed by atoms with Crippen LogP contribution in [-0.4, -0.2) is 28.5 Å². The quantitative estimate of drug-likeness (QED) is 0.630. The summed E-state index contributed by atoms with van der Waals surface area (Å²) in [6.45, 7) is 0.793. The van der Waals surface area contributed by atoms with Crippen LogP contribution in [0.4, 0.5) is 11.5 Å². The van der Waals surface area contributed by atoms with E-state index >= 15 is 0 Å². The number of nitrogens with two attached hydrogens (primary N) is 1. The Labute approximate surface area is 92.9 Å². The van der Waals surface area contributed by atoms with Crippen molar-refractivity contribution in [2.75, 3.05) is 29.6 Å². The van der Waals surface area contributed by atoms with E-state index in [2.05, 4.69) is 21.5 Å². The topological polar surface area (TPSA) is 83.8 Å². The van der Waals surface area contributed by atoms with Gasteiger partial charge in [-0.1, -0.05) is 0 Å². The summed E-state index contributed by atoms with van der Waals surface area (Å²) >= 11 is 1.83. The molecule has 0 amide bonds. The molecule has 0 bridgehead atoms. The molecule has 0 fully saturated rings. The highest BCUT2D eigenvalue weighted by Crippen LogP contribution is 2.07. The van der Waals surface area contributed by atoms with E-state index in [-0.39, 0.29) is 11.2 Å². The summed E-state index contributed by atoms with van der Waals surface area (Å²) < 4.78 is 0. The first-order chi connectivity index (χ1) is 7.25. The van der Waals surface area contributed by atoms with Crippen molar-refractivity contribution in [3.63, 3.8) is 0 Å². The lowest BCUT2D eigenvalue weighted by Gasteiger charge is -2.06. The monoisotopic (exact) mass is 228 g/mol.